The third kappa shape index (κ3) is 4.75. The van der Waals surface area contributed by atoms with Crippen LogP contribution in [0.2, 0.25) is 0 Å². The number of aliphatic carboxylic acids is 1. The van der Waals surface area contributed by atoms with Crippen LogP contribution in [0.4, 0.5) is 0 Å². The first-order valence-electron chi connectivity index (χ1n) is 13.6. The number of fused-ring (bicyclic) bond motifs is 5. The number of rotatable bonds is 8. The van der Waals surface area contributed by atoms with Crippen LogP contribution in [0.15, 0.2) is 0 Å². The van der Waals surface area contributed by atoms with E-state index < -0.39 is 5.97 Å². The molecule has 0 radical (unpaired) electrons. The van der Waals surface area contributed by atoms with Gasteiger partial charge in [0.1, 0.15) is 11.9 Å². The molecule has 0 aliphatic heterocycles. The van der Waals surface area contributed by atoms with Crippen LogP contribution in [0.3, 0.4) is 0 Å². The molecule has 4 aliphatic rings. The maximum absolute atomic E-state index is 12.4. The van der Waals surface area contributed by atoms with Crippen LogP contribution in [-0.4, -0.2) is 28.9 Å². The largest absolute Gasteiger partial charge is 0.481 e. The summed E-state index contributed by atoms with van der Waals surface area (Å²) in [7, 11) is 0. The molecule has 0 saturated heterocycles. The summed E-state index contributed by atoms with van der Waals surface area (Å²) in [6, 6.07) is 0. The van der Waals surface area contributed by atoms with Crippen molar-refractivity contribution >= 4 is 17.7 Å². The second kappa shape index (κ2) is 9.70. The van der Waals surface area contributed by atoms with Crippen LogP contribution >= 0.6 is 0 Å². The lowest BCUT2D eigenvalue weighted by molar-refractivity contribution is -0.163. The van der Waals surface area contributed by atoms with Crippen molar-refractivity contribution in [3.63, 3.8) is 0 Å². The Hall–Kier alpha value is -1.39. The molecule has 4 saturated carbocycles. The molecule has 0 bridgehead atoms. The van der Waals surface area contributed by atoms with E-state index in [2.05, 4.69) is 13.8 Å². The summed E-state index contributed by atoms with van der Waals surface area (Å²) in [5.74, 6) is 2.66. The number of carbonyl (C=O) groups excluding carboxylic acids is 2. The third-order valence-corrected chi connectivity index (χ3v) is 10.7. The van der Waals surface area contributed by atoms with Crippen molar-refractivity contribution in [3.05, 3.63) is 0 Å². The van der Waals surface area contributed by atoms with Crippen LogP contribution in [0.25, 0.3) is 0 Å². The molecule has 0 aromatic carbocycles. The lowest BCUT2D eigenvalue weighted by atomic mass is 9.44. The number of ether oxygens (including phenoxy) is 1. The second-order valence-electron chi connectivity index (χ2n) is 12.3. The van der Waals surface area contributed by atoms with Crippen LogP contribution < -0.4 is 0 Å². The SMILES string of the molecule is CC(=O)[C@H]1CC[C@H]2[C@@H]3CC[C@@H]4C[C@H](OC(=O)CCCCCC(=O)O)CC[C@]4(C)[C@H]3CC[C@]12C. The summed E-state index contributed by atoms with van der Waals surface area (Å²) in [5, 5.41) is 8.71. The predicted molar refractivity (Wildman–Crippen MR) is 126 cm³/mol. The summed E-state index contributed by atoms with van der Waals surface area (Å²) in [6.45, 7) is 6.75. The summed E-state index contributed by atoms with van der Waals surface area (Å²) in [5.41, 5.74) is 0.561. The Balaban J connectivity index is 1.31. The van der Waals surface area contributed by atoms with Crippen LogP contribution in [0, 0.1) is 40.4 Å². The third-order valence-electron chi connectivity index (χ3n) is 10.7. The maximum atomic E-state index is 12.4. The number of hydrogen-bond acceptors (Lipinski definition) is 4. The summed E-state index contributed by atoms with van der Waals surface area (Å²) in [4.78, 5) is 35.3. The molecule has 1 N–H and O–H groups in total. The summed E-state index contributed by atoms with van der Waals surface area (Å²) in [6.07, 6.45) is 13.1. The first-order chi connectivity index (χ1) is 15.6. The van der Waals surface area contributed by atoms with Gasteiger partial charge in [-0.2, -0.15) is 0 Å². The molecule has 8 atom stereocenters. The monoisotopic (exact) mass is 460 g/mol. The van der Waals surface area contributed by atoms with Gasteiger partial charge in [0.2, 0.25) is 0 Å². The first kappa shape index (κ1) is 24.7. The van der Waals surface area contributed by atoms with E-state index in [0.29, 0.717) is 42.3 Å². The Kier molecular flexibility index (Phi) is 7.27. The molecule has 33 heavy (non-hydrogen) atoms. The fraction of sp³-hybridized carbons (Fsp3) is 0.893. The number of carboxylic acids is 1. The summed E-state index contributed by atoms with van der Waals surface area (Å²) < 4.78 is 5.88. The molecular formula is C28H44O5. The van der Waals surface area contributed by atoms with Gasteiger partial charge in [0.05, 0.1) is 0 Å². The zero-order chi connectivity index (χ0) is 23.8. The number of Topliss-reactive ketones (excluding diaryl/α,β-unsaturated/α-hetero) is 1. The van der Waals surface area contributed by atoms with Crippen LogP contribution in [-0.2, 0) is 19.1 Å². The van der Waals surface area contributed by atoms with Gasteiger partial charge in [-0.05, 0) is 112 Å². The second-order valence-corrected chi connectivity index (χ2v) is 12.3. The van der Waals surface area contributed by atoms with Crippen molar-refractivity contribution in [2.24, 2.45) is 40.4 Å². The number of hydrogen-bond donors (Lipinski definition) is 1. The average molecular weight is 461 g/mol. The minimum Gasteiger partial charge on any atom is -0.481 e. The molecule has 0 amide bonds. The van der Waals surface area contributed by atoms with E-state index >= 15 is 0 Å². The quantitative estimate of drug-likeness (QED) is 0.345. The van der Waals surface area contributed by atoms with Crippen molar-refractivity contribution in [1.29, 1.82) is 0 Å². The number of carbonyl (C=O) groups is 3. The van der Waals surface area contributed by atoms with E-state index in [1.165, 1.54) is 32.1 Å². The highest BCUT2D eigenvalue weighted by Gasteiger charge is 2.60. The topological polar surface area (TPSA) is 80.7 Å². The van der Waals surface area contributed by atoms with E-state index in [9.17, 15) is 14.4 Å². The molecule has 4 fully saturated rings. The van der Waals surface area contributed by atoms with E-state index in [1.807, 2.05) is 0 Å². The summed E-state index contributed by atoms with van der Waals surface area (Å²) >= 11 is 0. The van der Waals surface area contributed by atoms with Gasteiger partial charge in [-0.1, -0.05) is 20.3 Å². The molecule has 0 aromatic heterocycles. The number of ketones is 1. The molecule has 0 heterocycles. The Morgan fingerprint density at radius 2 is 1.55 bits per heavy atom. The van der Waals surface area contributed by atoms with Gasteiger partial charge in [0.25, 0.3) is 0 Å². The first-order valence-corrected chi connectivity index (χ1v) is 13.6. The van der Waals surface area contributed by atoms with Crippen LogP contribution in [0.5, 0.6) is 0 Å². The number of unbranched alkanes of at least 4 members (excludes halogenated alkanes) is 2. The van der Waals surface area contributed by atoms with Crippen molar-refractivity contribution in [2.75, 3.05) is 0 Å². The van der Waals surface area contributed by atoms with E-state index in [4.69, 9.17) is 9.84 Å². The van der Waals surface area contributed by atoms with Gasteiger partial charge in [-0.15, -0.1) is 0 Å². The fourth-order valence-electron chi connectivity index (χ4n) is 8.96. The Morgan fingerprint density at radius 3 is 2.27 bits per heavy atom. The highest BCUT2D eigenvalue weighted by atomic mass is 16.5. The highest BCUT2D eigenvalue weighted by Crippen LogP contribution is 2.67. The molecular weight excluding hydrogens is 416 g/mol. The maximum Gasteiger partial charge on any atom is 0.306 e. The van der Waals surface area contributed by atoms with Gasteiger partial charge in [0, 0.05) is 18.8 Å². The van der Waals surface area contributed by atoms with Crippen LogP contribution in [0.1, 0.15) is 111 Å². The van der Waals surface area contributed by atoms with Gasteiger partial charge < -0.3 is 9.84 Å². The van der Waals surface area contributed by atoms with Crippen molar-refractivity contribution in [2.45, 2.75) is 117 Å². The lowest BCUT2D eigenvalue weighted by Gasteiger charge is -2.61. The van der Waals surface area contributed by atoms with Crippen molar-refractivity contribution in [3.8, 4) is 0 Å². The molecule has 4 aliphatic carbocycles. The number of carboxylic acid groups (broad SMARTS) is 1. The minimum absolute atomic E-state index is 0.0496. The van der Waals surface area contributed by atoms with Crippen molar-refractivity contribution < 1.29 is 24.2 Å². The molecule has 5 nitrogen and oxygen atoms in total. The highest BCUT2D eigenvalue weighted by molar-refractivity contribution is 5.79. The zero-order valence-electron chi connectivity index (χ0n) is 20.9. The van der Waals surface area contributed by atoms with Gasteiger partial charge in [-0.25, -0.2) is 0 Å². The van der Waals surface area contributed by atoms with Gasteiger partial charge in [-0.3, -0.25) is 14.4 Å². The Bertz CT molecular complexity index is 761. The Morgan fingerprint density at radius 1 is 0.848 bits per heavy atom. The van der Waals surface area contributed by atoms with E-state index in [1.54, 1.807) is 6.92 Å². The minimum atomic E-state index is -0.772. The smallest absolute Gasteiger partial charge is 0.306 e. The van der Waals surface area contributed by atoms with E-state index in [-0.39, 0.29) is 29.8 Å². The lowest BCUT2D eigenvalue weighted by Crippen LogP contribution is -2.54. The molecule has 0 spiro atoms. The average Bonchev–Trinajstić information content (AvgIpc) is 3.11. The molecule has 0 unspecified atom stereocenters. The Labute approximate surface area is 199 Å². The normalized spacial score (nSPS) is 42.0. The molecule has 0 aromatic rings. The zero-order valence-corrected chi connectivity index (χ0v) is 20.9. The predicted octanol–water partition coefficient (Wildman–Crippen LogP) is 6.18. The number of esters is 1. The molecule has 5 heteroatoms. The fourth-order valence-corrected chi connectivity index (χ4v) is 8.96. The van der Waals surface area contributed by atoms with E-state index in [0.717, 1.165) is 43.9 Å². The van der Waals surface area contributed by atoms with Crippen molar-refractivity contribution in [1.82, 2.24) is 0 Å². The van der Waals surface area contributed by atoms with Gasteiger partial charge in [0.15, 0.2) is 0 Å². The van der Waals surface area contributed by atoms with Gasteiger partial charge >= 0.3 is 11.9 Å². The molecule has 4 rings (SSSR count). The molecule has 186 valence electrons. The standard InChI is InChI=1S/C28H44O5/c1-18(29)22-11-12-23-21-10-9-19-17-20(33-26(32)8-6-4-5-7-25(30)31)13-15-27(19,2)24(21)14-16-28(22,23)3/h19-24H,4-17H2,1-3H3,(H,30,31)/t19-,20-,21+,22-,23+,24+,27+,28-/m1/s1.